The number of benzene rings is 2. The van der Waals surface area contributed by atoms with Gasteiger partial charge in [0.25, 0.3) is 0 Å². The molecule has 0 aliphatic rings. The highest BCUT2D eigenvalue weighted by atomic mass is 32.2. The summed E-state index contributed by atoms with van der Waals surface area (Å²) in [5.74, 6) is -0.448. The fourth-order valence-corrected chi connectivity index (χ4v) is 3.40. The minimum atomic E-state index is -3.46. The first-order valence-corrected chi connectivity index (χ1v) is 8.10. The lowest BCUT2D eigenvalue weighted by atomic mass is 10.1. The maximum Gasteiger partial charge on any atom is 0.303 e. The monoisotopic (exact) mass is 308 g/mol. The Bertz CT molecular complexity index is 765. The summed E-state index contributed by atoms with van der Waals surface area (Å²) in [6.07, 6.45) is -0.0394. The number of aliphatic carboxylic acids is 1. The van der Waals surface area contributed by atoms with Gasteiger partial charge in [-0.3, -0.25) is 4.79 Å². The molecule has 21 heavy (non-hydrogen) atoms. The van der Waals surface area contributed by atoms with Crippen LogP contribution in [0.15, 0.2) is 41.3 Å². The van der Waals surface area contributed by atoms with Gasteiger partial charge in [-0.2, -0.15) is 0 Å². The number of sulfone groups is 1. The minimum Gasteiger partial charge on any atom is -0.497 e. The van der Waals surface area contributed by atoms with E-state index >= 15 is 0 Å². The van der Waals surface area contributed by atoms with E-state index in [2.05, 4.69) is 0 Å². The molecular formula is C15H16O5S. The van der Waals surface area contributed by atoms with Crippen LogP contribution in [0.25, 0.3) is 10.8 Å². The Morgan fingerprint density at radius 3 is 2.48 bits per heavy atom. The molecule has 5 nitrogen and oxygen atoms in total. The summed E-state index contributed by atoms with van der Waals surface area (Å²) in [5.41, 5.74) is 0. The standard InChI is InChI=1S/C15H16O5S/c1-20-13-6-4-12-10-14(7-5-11(12)9-13)21(18,19)8-2-3-15(16)17/h4-7,9-10H,2-3,8H2,1H3,(H,16,17). The zero-order valence-electron chi connectivity index (χ0n) is 11.6. The van der Waals surface area contributed by atoms with Gasteiger partial charge in [-0.05, 0) is 41.5 Å². The van der Waals surface area contributed by atoms with Gasteiger partial charge >= 0.3 is 5.97 Å². The van der Waals surface area contributed by atoms with Crippen LogP contribution in [0.4, 0.5) is 0 Å². The van der Waals surface area contributed by atoms with Gasteiger partial charge in [-0.25, -0.2) is 8.42 Å². The van der Waals surface area contributed by atoms with Crippen LogP contribution in [0.2, 0.25) is 0 Å². The first-order valence-electron chi connectivity index (χ1n) is 6.45. The highest BCUT2D eigenvalue weighted by Crippen LogP contribution is 2.24. The lowest BCUT2D eigenvalue weighted by Gasteiger charge is -2.07. The fraction of sp³-hybridized carbons (Fsp3) is 0.267. The predicted octanol–water partition coefficient (Wildman–Crippen LogP) is 2.49. The molecule has 0 atom stereocenters. The van der Waals surface area contributed by atoms with Crippen LogP contribution in [0.3, 0.4) is 0 Å². The number of fused-ring (bicyclic) bond motifs is 1. The molecule has 0 aromatic heterocycles. The van der Waals surface area contributed by atoms with Gasteiger partial charge in [0, 0.05) is 6.42 Å². The molecule has 2 rings (SSSR count). The Labute approximate surface area is 123 Å². The summed E-state index contributed by atoms with van der Waals surface area (Å²) in [7, 11) is -1.89. The van der Waals surface area contributed by atoms with E-state index in [9.17, 15) is 13.2 Å². The molecular weight excluding hydrogens is 292 g/mol. The molecule has 0 saturated carbocycles. The lowest BCUT2D eigenvalue weighted by Crippen LogP contribution is -2.08. The van der Waals surface area contributed by atoms with Crippen molar-refractivity contribution in [2.24, 2.45) is 0 Å². The van der Waals surface area contributed by atoms with Gasteiger partial charge in [0.1, 0.15) is 5.75 Å². The van der Waals surface area contributed by atoms with Crippen LogP contribution < -0.4 is 4.74 Å². The number of methoxy groups -OCH3 is 1. The Hall–Kier alpha value is -2.08. The number of rotatable bonds is 6. The maximum absolute atomic E-state index is 12.2. The SMILES string of the molecule is COc1ccc2cc(S(=O)(=O)CCCC(=O)O)ccc2c1. The first kappa shape index (κ1) is 15.3. The number of ether oxygens (including phenoxy) is 1. The largest absolute Gasteiger partial charge is 0.497 e. The van der Waals surface area contributed by atoms with E-state index in [4.69, 9.17) is 9.84 Å². The third-order valence-electron chi connectivity index (χ3n) is 3.18. The molecule has 112 valence electrons. The molecule has 0 radical (unpaired) electrons. The van der Waals surface area contributed by atoms with Crippen molar-refractivity contribution < 1.29 is 23.1 Å². The Kier molecular flexibility index (Phi) is 4.47. The number of hydrogen-bond acceptors (Lipinski definition) is 4. The van der Waals surface area contributed by atoms with Gasteiger partial charge in [-0.15, -0.1) is 0 Å². The van der Waals surface area contributed by atoms with Crippen molar-refractivity contribution in [2.75, 3.05) is 12.9 Å². The molecule has 0 spiro atoms. The minimum absolute atomic E-state index is 0.109. The second-order valence-electron chi connectivity index (χ2n) is 4.69. The lowest BCUT2D eigenvalue weighted by molar-refractivity contribution is -0.137. The Morgan fingerprint density at radius 2 is 1.81 bits per heavy atom. The van der Waals surface area contributed by atoms with Crippen LogP contribution in [-0.2, 0) is 14.6 Å². The van der Waals surface area contributed by atoms with Crippen LogP contribution >= 0.6 is 0 Å². The molecule has 0 aliphatic carbocycles. The summed E-state index contributed by atoms with van der Waals surface area (Å²) in [4.78, 5) is 10.7. The normalized spacial score (nSPS) is 11.5. The van der Waals surface area contributed by atoms with Gasteiger partial charge < -0.3 is 9.84 Å². The van der Waals surface area contributed by atoms with Crippen molar-refractivity contribution in [2.45, 2.75) is 17.7 Å². The number of carboxylic acids is 1. The molecule has 0 heterocycles. The Morgan fingerprint density at radius 1 is 1.14 bits per heavy atom. The highest BCUT2D eigenvalue weighted by Gasteiger charge is 2.15. The molecule has 0 aliphatic heterocycles. The number of carbonyl (C=O) groups is 1. The molecule has 2 aromatic carbocycles. The molecule has 6 heteroatoms. The summed E-state index contributed by atoms with van der Waals surface area (Å²) in [6.45, 7) is 0. The second kappa shape index (κ2) is 6.13. The van der Waals surface area contributed by atoms with Crippen molar-refractivity contribution >= 4 is 26.6 Å². The summed E-state index contributed by atoms with van der Waals surface area (Å²) < 4.78 is 29.4. The quantitative estimate of drug-likeness (QED) is 0.886. The van der Waals surface area contributed by atoms with Crippen molar-refractivity contribution in [1.82, 2.24) is 0 Å². The summed E-state index contributed by atoms with van der Waals surface area (Å²) in [6, 6.07) is 10.3. The van der Waals surface area contributed by atoms with E-state index in [1.807, 2.05) is 6.07 Å². The van der Waals surface area contributed by atoms with Crippen molar-refractivity contribution in [3.63, 3.8) is 0 Å². The molecule has 0 amide bonds. The third kappa shape index (κ3) is 3.72. The summed E-state index contributed by atoms with van der Waals surface area (Å²) in [5, 5.41) is 10.3. The maximum atomic E-state index is 12.2. The highest BCUT2D eigenvalue weighted by molar-refractivity contribution is 7.91. The van der Waals surface area contributed by atoms with Crippen molar-refractivity contribution in [3.05, 3.63) is 36.4 Å². The van der Waals surface area contributed by atoms with Crippen LogP contribution in [0.5, 0.6) is 5.75 Å². The van der Waals surface area contributed by atoms with E-state index in [0.29, 0.717) is 5.75 Å². The van der Waals surface area contributed by atoms with Crippen molar-refractivity contribution in [3.8, 4) is 5.75 Å². The van der Waals surface area contributed by atoms with E-state index in [0.717, 1.165) is 10.8 Å². The van der Waals surface area contributed by atoms with Crippen molar-refractivity contribution in [1.29, 1.82) is 0 Å². The topological polar surface area (TPSA) is 80.7 Å². The fourth-order valence-electron chi connectivity index (χ4n) is 2.05. The van der Waals surface area contributed by atoms with E-state index in [1.165, 1.54) is 6.07 Å². The third-order valence-corrected chi connectivity index (χ3v) is 4.98. The van der Waals surface area contributed by atoms with Gasteiger partial charge in [0.2, 0.25) is 0 Å². The second-order valence-corrected chi connectivity index (χ2v) is 6.80. The summed E-state index contributed by atoms with van der Waals surface area (Å²) >= 11 is 0. The van der Waals surface area contributed by atoms with Gasteiger partial charge in [0.05, 0.1) is 17.8 Å². The van der Waals surface area contributed by atoms with Crippen LogP contribution in [-0.4, -0.2) is 32.4 Å². The zero-order chi connectivity index (χ0) is 15.5. The van der Waals surface area contributed by atoms with Gasteiger partial charge in [-0.1, -0.05) is 12.1 Å². The molecule has 0 unspecified atom stereocenters. The smallest absolute Gasteiger partial charge is 0.303 e. The van der Waals surface area contributed by atoms with E-state index in [1.54, 1.807) is 31.4 Å². The molecule has 0 fully saturated rings. The van der Waals surface area contributed by atoms with Gasteiger partial charge in [0.15, 0.2) is 9.84 Å². The molecule has 0 saturated heterocycles. The van der Waals surface area contributed by atoms with E-state index < -0.39 is 15.8 Å². The van der Waals surface area contributed by atoms with Crippen LogP contribution in [0, 0.1) is 0 Å². The molecule has 1 N–H and O–H groups in total. The molecule has 0 bridgehead atoms. The average molecular weight is 308 g/mol. The Balaban J connectivity index is 2.27. The van der Waals surface area contributed by atoms with Crippen LogP contribution in [0.1, 0.15) is 12.8 Å². The molecule has 2 aromatic rings. The predicted molar refractivity (Wildman–Crippen MR) is 79.4 cm³/mol. The number of hydrogen-bond donors (Lipinski definition) is 1. The van der Waals surface area contributed by atoms with E-state index in [-0.39, 0.29) is 23.5 Å². The number of carboxylic acid groups (broad SMARTS) is 1. The first-order chi connectivity index (χ1) is 9.92. The zero-order valence-corrected chi connectivity index (χ0v) is 12.4. The average Bonchev–Trinajstić information content (AvgIpc) is 2.45.